The molecule has 0 unspecified atom stereocenters. The summed E-state index contributed by atoms with van der Waals surface area (Å²) in [6.45, 7) is 7.55. The maximum absolute atomic E-state index is 11.1. The zero-order valence-corrected chi connectivity index (χ0v) is 15.7. The summed E-state index contributed by atoms with van der Waals surface area (Å²) in [5.41, 5.74) is 0. The average Bonchev–Trinajstić information content (AvgIpc) is 2.43. The Morgan fingerprint density at radius 3 is 1.62 bits per heavy atom. The molecule has 0 rings (SSSR count). The highest BCUT2D eigenvalue weighted by Gasteiger charge is 2.05. The fourth-order valence-electron chi connectivity index (χ4n) is 2.03. The minimum atomic E-state index is -0.386. The molecule has 4 nitrogen and oxygen atoms in total. The highest BCUT2D eigenvalue weighted by Crippen LogP contribution is 2.10. The van der Waals surface area contributed by atoms with Gasteiger partial charge in [0, 0.05) is 6.10 Å². The zero-order valence-electron chi connectivity index (χ0n) is 15.7. The van der Waals surface area contributed by atoms with Crippen molar-refractivity contribution in [2.75, 3.05) is 6.61 Å². The molecule has 0 bridgehead atoms. The molecule has 0 spiro atoms. The molecule has 0 aromatic heterocycles. The molecule has 0 saturated carbocycles. The van der Waals surface area contributed by atoms with Crippen molar-refractivity contribution in [3.63, 3.8) is 0 Å². The number of aliphatic hydroxyl groups is 1. The van der Waals surface area contributed by atoms with E-state index in [2.05, 4.69) is 6.92 Å². The molecule has 0 atom stereocenters. The van der Waals surface area contributed by atoms with Gasteiger partial charge in [-0.05, 0) is 27.2 Å². The smallest absolute Gasteiger partial charge is 0.313 e. The summed E-state index contributed by atoms with van der Waals surface area (Å²) in [6, 6.07) is 0. The first kappa shape index (κ1) is 28.4. The number of carbonyl (C=O) groups is 2. The lowest BCUT2D eigenvalue weighted by Crippen LogP contribution is -2.09. The molecule has 0 aromatic rings. The molecule has 1 N–H and O–H groups in total. The van der Waals surface area contributed by atoms with E-state index >= 15 is 0 Å². The highest BCUT2D eigenvalue weighted by atomic mass is 27.0. The number of ketones is 1. The van der Waals surface area contributed by atoms with Crippen molar-refractivity contribution < 1.29 is 19.4 Å². The van der Waals surface area contributed by atoms with Crippen molar-refractivity contribution in [2.45, 2.75) is 104 Å². The molecule has 0 radical (unpaired) electrons. The summed E-state index contributed by atoms with van der Waals surface area (Å²) in [6.07, 6.45) is 12.4. The molecule has 24 heavy (non-hydrogen) atoms. The van der Waals surface area contributed by atoms with Gasteiger partial charge in [-0.25, -0.2) is 0 Å². The van der Waals surface area contributed by atoms with Crippen LogP contribution in [0.4, 0.5) is 0 Å². The van der Waals surface area contributed by atoms with E-state index in [1.807, 2.05) is 0 Å². The van der Waals surface area contributed by atoms with E-state index in [4.69, 9.17) is 9.84 Å². The molecule has 5 heteroatoms. The van der Waals surface area contributed by atoms with Crippen LogP contribution in [0, 0.1) is 0 Å². The number of hydrogen-bond acceptors (Lipinski definition) is 4. The topological polar surface area (TPSA) is 63.6 Å². The van der Waals surface area contributed by atoms with Crippen LogP contribution in [0.2, 0.25) is 0 Å². The Morgan fingerprint density at radius 1 is 0.875 bits per heavy atom. The monoisotopic (exact) mass is 360 g/mol. The number of ether oxygens (including phenoxy) is 1. The minimum Gasteiger partial charge on any atom is -0.465 e. The summed E-state index contributed by atoms with van der Waals surface area (Å²) >= 11 is 0. The first-order chi connectivity index (χ1) is 10.9. The van der Waals surface area contributed by atoms with E-state index in [1.165, 1.54) is 58.3 Å². The van der Waals surface area contributed by atoms with Gasteiger partial charge in [-0.1, -0.05) is 64.7 Å². The lowest BCUT2D eigenvalue weighted by molar-refractivity contribution is -0.145. The molecular weight excluding hydrogens is 319 g/mol. The third-order valence-electron chi connectivity index (χ3n) is 3.15. The van der Waals surface area contributed by atoms with Crippen molar-refractivity contribution in [2.24, 2.45) is 0 Å². The average molecular weight is 361 g/mol. The van der Waals surface area contributed by atoms with E-state index in [0.29, 0.717) is 6.61 Å². The first-order valence-corrected chi connectivity index (χ1v) is 9.23. The Bertz CT molecular complexity index is 278. The predicted molar refractivity (Wildman–Crippen MR) is 105 cm³/mol. The van der Waals surface area contributed by atoms with Gasteiger partial charge in [0.1, 0.15) is 12.2 Å². The molecule has 0 saturated heterocycles. The standard InChI is InChI=1S/C16H30O3.C3H8O.Al.3H/c1-3-4-5-6-7-8-9-10-11-12-13-19-16(18)14-15(2)17;1-3(2)4;;;;/h3-14H2,1-2H3;3-4H,1-2H3;;;;. The number of unbranched alkanes of at least 4 members (excludes halogenated alkanes) is 9. The Hall–Kier alpha value is -0.368. The van der Waals surface area contributed by atoms with Gasteiger partial charge in [-0.3, -0.25) is 9.59 Å². The number of aliphatic hydroxyl groups excluding tert-OH is 1. The first-order valence-electron chi connectivity index (χ1n) is 9.23. The molecule has 0 heterocycles. The normalized spacial score (nSPS) is 9.75. The quantitative estimate of drug-likeness (QED) is 0.236. The fourth-order valence-corrected chi connectivity index (χ4v) is 2.03. The largest absolute Gasteiger partial charge is 0.465 e. The van der Waals surface area contributed by atoms with Gasteiger partial charge in [0.25, 0.3) is 0 Å². The van der Waals surface area contributed by atoms with E-state index in [1.54, 1.807) is 13.8 Å². The minimum absolute atomic E-state index is 0. The van der Waals surface area contributed by atoms with Crippen LogP contribution in [0.25, 0.3) is 0 Å². The van der Waals surface area contributed by atoms with Gasteiger partial charge in [-0.2, -0.15) is 0 Å². The summed E-state index contributed by atoms with van der Waals surface area (Å²) in [5.74, 6) is -0.517. The van der Waals surface area contributed by atoms with Gasteiger partial charge in [0.15, 0.2) is 17.4 Å². The van der Waals surface area contributed by atoms with Crippen molar-refractivity contribution in [1.29, 1.82) is 0 Å². The van der Waals surface area contributed by atoms with Crippen molar-refractivity contribution >= 4 is 29.1 Å². The summed E-state index contributed by atoms with van der Waals surface area (Å²) in [7, 11) is 0. The maximum Gasteiger partial charge on any atom is 0.313 e. The summed E-state index contributed by atoms with van der Waals surface area (Å²) < 4.78 is 4.97. The fraction of sp³-hybridized carbons (Fsp3) is 0.895. The lowest BCUT2D eigenvalue weighted by Gasteiger charge is -2.04. The van der Waals surface area contributed by atoms with Crippen LogP contribution in [0.1, 0.15) is 98.3 Å². The Kier molecular flexibility index (Phi) is 26.8. The number of carbonyl (C=O) groups excluding carboxylic acids is 2. The van der Waals surface area contributed by atoms with Gasteiger partial charge < -0.3 is 9.84 Å². The molecule has 144 valence electrons. The molecule has 0 aliphatic rings. The third-order valence-corrected chi connectivity index (χ3v) is 3.15. The third kappa shape index (κ3) is 33.3. The number of rotatable bonds is 13. The zero-order chi connectivity index (χ0) is 17.9. The Labute approximate surface area is 159 Å². The summed E-state index contributed by atoms with van der Waals surface area (Å²) in [4.78, 5) is 21.7. The summed E-state index contributed by atoms with van der Waals surface area (Å²) in [5, 5.41) is 8.06. The van der Waals surface area contributed by atoms with Crippen LogP contribution >= 0.6 is 0 Å². The Balaban J connectivity index is -0.000000787. The van der Waals surface area contributed by atoms with Crippen LogP contribution < -0.4 is 0 Å². The number of hydrogen-bond donors (Lipinski definition) is 1. The van der Waals surface area contributed by atoms with E-state index < -0.39 is 0 Å². The highest BCUT2D eigenvalue weighted by molar-refractivity contribution is 5.94. The van der Waals surface area contributed by atoms with Crippen molar-refractivity contribution in [3.8, 4) is 0 Å². The van der Waals surface area contributed by atoms with Crippen molar-refractivity contribution in [1.82, 2.24) is 0 Å². The lowest BCUT2D eigenvalue weighted by atomic mass is 10.1. The molecule has 0 fully saturated rings. The predicted octanol–water partition coefficient (Wildman–Crippen LogP) is 3.63. The van der Waals surface area contributed by atoms with Crippen LogP contribution in [-0.4, -0.2) is 46.9 Å². The van der Waals surface area contributed by atoms with Crippen LogP contribution in [0.3, 0.4) is 0 Å². The van der Waals surface area contributed by atoms with Gasteiger partial charge in [0.2, 0.25) is 0 Å². The number of esters is 1. The van der Waals surface area contributed by atoms with Crippen LogP contribution in [-0.2, 0) is 14.3 Å². The second kappa shape index (κ2) is 22.6. The van der Waals surface area contributed by atoms with Gasteiger partial charge >= 0.3 is 5.97 Å². The van der Waals surface area contributed by atoms with Gasteiger partial charge in [0.05, 0.1) is 6.61 Å². The van der Waals surface area contributed by atoms with Crippen LogP contribution in [0.5, 0.6) is 0 Å². The molecule has 0 aromatic carbocycles. The van der Waals surface area contributed by atoms with E-state index in [0.717, 1.165) is 12.8 Å². The molecule has 0 amide bonds. The SMILES string of the molecule is CC(C)O.CCCCCCCCCCCCOC(=O)CC(C)=O.[AlH3]. The van der Waals surface area contributed by atoms with E-state index in [9.17, 15) is 9.59 Å². The van der Waals surface area contributed by atoms with Crippen LogP contribution in [0.15, 0.2) is 0 Å². The second-order valence-electron chi connectivity index (χ2n) is 6.37. The van der Waals surface area contributed by atoms with Gasteiger partial charge in [-0.15, -0.1) is 0 Å². The Morgan fingerprint density at radius 2 is 1.25 bits per heavy atom. The number of Topliss-reactive ketones (excluding diaryl/α,β-unsaturated/α-hetero) is 1. The molecule has 0 aliphatic heterocycles. The molecule has 0 aliphatic carbocycles. The molecular formula is C19H41AlO4. The maximum atomic E-state index is 11.1. The van der Waals surface area contributed by atoms with Crippen molar-refractivity contribution in [3.05, 3.63) is 0 Å². The van der Waals surface area contributed by atoms with E-state index in [-0.39, 0.29) is 41.6 Å². The second-order valence-corrected chi connectivity index (χ2v) is 6.37.